The fourth-order valence-corrected chi connectivity index (χ4v) is 5.72. The zero-order valence-electron chi connectivity index (χ0n) is 19.2. The zero-order valence-corrected chi connectivity index (χ0v) is 20.9. The van der Waals surface area contributed by atoms with E-state index in [0.29, 0.717) is 35.4 Å². The maximum absolute atomic E-state index is 13.1. The molecule has 0 N–H and O–H groups in total. The smallest absolute Gasteiger partial charge is 0.242 e. The van der Waals surface area contributed by atoms with E-state index in [1.54, 1.807) is 24.4 Å². The van der Waals surface area contributed by atoms with E-state index in [0.717, 1.165) is 16.7 Å². The summed E-state index contributed by atoms with van der Waals surface area (Å²) in [5.41, 5.74) is 3.07. The van der Waals surface area contributed by atoms with Crippen molar-refractivity contribution >= 4 is 45.0 Å². The van der Waals surface area contributed by atoms with Gasteiger partial charge in [-0.25, -0.2) is 0 Å². The molecule has 1 aliphatic rings. The van der Waals surface area contributed by atoms with Crippen LogP contribution in [0.2, 0.25) is 0 Å². The third-order valence-corrected chi connectivity index (χ3v) is 7.56. The molecule has 3 aromatic carbocycles. The molecule has 176 valence electrons. The van der Waals surface area contributed by atoms with Gasteiger partial charge in [0.1, 0.15) is 10.9 Å². The molecule has 2 heterocycles. The number of rotatable bonds is 8. The Hall–Kier alpha value is -3.42. The number of carbonyl (C=O) groups is 1. The Kier molecular flexibility index (Phi) is 6.97. The van der Waals surface area contributed by atoms with E-state index in [4.69, 9.17) is 21.7 Å². The average molecular weight is 501 g/mol. The molecular formula is C28H24N2O3S2. The predicted molar refractivity (Wildman–Crippen MR) is 144 cm³/mol. The van der Waals surface area contributed by atoms with Gasteiger partial charge in [-0.1, -0.05) is 78.6 Å². The second-order valence-corrected chi connectivity index (χ2v) is 10.1. The normalized spacial score (nSPS) is 15.6. The van der Waals surface area contributed by atoms with Crippen molar-refractivity contribution in [3.05, 3.63) is 102 Å². The number of hydrogen-bond acceptors (Lipinski definition) is 6. The van der Waals surface area contributed by atoms with E-state index in [1.165, 1.54) is 22.5 Å². The van der Waals surface area contributed by atoms with Gasteiger partial charge in [0.15, 0.2) is 11.5 Å². The Morgan fingerprint density at radius 1 is 1.00 bits per heavy atom. The number of nitrogens with zero attached hydrogens (tertiary/aromatic N) is 2. The van der Waals surface area contributed by atoms with Crippen LogP contribution in [0.25, 0.3) is 10.8 Å². The van der Waals surface area contributed by atoms with Gasteiger partial charge in [-0.15, -0.1) is 0 Å². The van der Waals surface area contributed by atoms with Gasteiger partial charge >= 0.3 is 0 Å². The molecular weight excluding hydrogens is 476 g/mol. The molecule has 0 saturated carbocycles. The number of methoxy groups -OCH3 is 1. The number of carbonyl (C=O) groups excluding carboxylic acids is 1. The number of benzene rings is 3. The highest BCUT2D eigenvalue weighted by molar-refractivity contribution is 8.24. The molecule has 0 unspecified atom stereocenters. The number of thiocarbonyl (C=S) groups is 1. The lowest BCUT2D eigenvalue weighted by Gasteiger charge is -2.16. The molecule has 0 bridgehead atoms. The minimum Gasteiger partial charge on any atom is -0.493 e. The van der Waals surface area contributed by atoms with E-state index >= 15 is 0 Å². The van der Waals surface area contributed by atoms with Crippen LogP contribution in [0.15, 0.2) is 85.2 Å². The van der Waals surface area contributed by atoms with Crippen LogP contribution in [0.3, 0.4) is 0 Å². The van der Waals surface area contributed by atoms with Gasteiger partial charge in [-0.05, 0) is 52.1 Å². The number of fused-ring (bicyclic) bond motifs is 1. The quantitative estimate of drug-likeness (QED) is 0.285. The summed E-state index contributed by atoms with van der Waals surface area (Å²) in [6.45, 7) is 0.880. The van der Waals surface area contributed by atoms with Crippen LogP contribution < -0.4 is 9.47 Å². The molecule has 1 saturated heterocycles. The van der Waals surface area contributed by atoms with Gasteiger partial charge < -0.3 is 9.47 Å². The summed E-state index contributed by atoms with van der Waals surface area (Å²) in [5, 5.41) is 2.10. The Morgan fingerprint density at radius 2 is 1.86 bits per heavy atom. The Morgan fingerprint density at radius 3 is 2.69 bits per heavy atom. The lowest BCUT2D eigenvalue weighted by Crippen LogP contribution is -2.31. The maximum Gasteiger partial charge on any atom is 0.242 e. The molecule has 0 spiro atoms. The molecule has 0 radical (unpaired) electrons. The minimum atomic E-state index is -0.258. The molecule has 1 aliphatic heterocycles. The van der Waals surface area contributed by atoms with Gasteiger partial charge in [0.2, 0.25) is 5.91 Å². The third kappa shape index (κ3) is 5.16. The van der Waals surface area contributed by atoms with E-state index in [9.17, 15) is 4.79 Å². The summed E-state index contributed by atoms with van der Waals surface area (Å²) in [7, 11) is 1.63. The van der Waals surface area contributed by atoms with Gasteiger partial charge in [0, 0.05) is 12.4 Å². The van der Waals surface area contributed by atoms with Crippen LogP contribution in [0.5, 0.6) is 11.5 Å². The van der Waals surface area contributed by atoms with Crippen LogP contribution in [-0.4, -0.2) is 32.5 Å². The van der Waals surface area contributed by atoms with Crippen LogP contribution in [-0.2, 0) is 24.4 Å². The summed E-state index contributed by atoms with van der Waals surface area (Å²) in [5.74, 6) is 1.34. The maximum atomic E-state index is 13.1. The van der Waals surface area contributed by atoms with Crippen LogP contribution in [0.4, 0.5) is 0 Å². The highest BCUT2D eigenvalue weighted by Gasteiger charge is 2.36. The monoisotopic (exact) mass is 500 g/mol. The molecule has 1 aromatic heterocycles. The first-order valence-electron chi connectivity index (χ1n) is 11.3. The lowest BCUT2D eigenvalue weighted by atomic mass is 10.1. The summed E-state index contributed by atoms with van der Waals surface area (Å²) < 4.78 is 12.4. The highest BCUT2D eigenvalue weighted by atomic mass is 32.2. The predicted octanol–water partition coefficient (Wildman–Crippen LogP) is 5.79. The SMILES string of the molecule is COc1cc(C[C@H]2SC(=S)N(Cc3cccnc3)C2=O)ccc1OCc1cccc2ccccc12. The van der Waals surface area contributed by atoms with E-state index in [-0.39, 0.29) is 11.2 Å². The number of thioether (sulfide) groups is 1. The van der Waals surface area contributed by atoms with Gasteiger partial charge in [0.25, 0.3) is 0 Å². The molecule has 5 rings (SSSR count). The van der Waals surface area contributed by atoms with Crippen molar-refractivity contribution in [3.8, 4) is 11.5 Å². The average Bonchev–Trinajstić information content (AvgIpc) is 3.15. The highest BCUT2D eigenvalue weighted by Crippen LogP contribution is 2.34. The van der Waals surface area contributed by atoms with Crippen LogP contribution >= 0.6 is 24.0 Å². The Bertz CT molecular complexity index is 1370. The zero-order chi connectivity index (χ0) is 24.2. The number of amides is 1. The fourth-order valence-electron chi connectivity index (χ4n) is 4.19. The first-order valence-corrected chi connectivity index (χ1v) is 12.6. The van der Waals surface area contributed by atoms with Gasteiger partial charge in [-0.3, -0.25) is 14.7 Å². The summed E-state index contributed by atoms with van der Waals surface area (Å²) >= 11 is 6.93. The first-order chi connectivity index (χ1) is 17.1. The van der Waals surface area contributed by atoms with Crippen molar-refractivity contribution < 1.29 is 14.3 Å². The third-order valence-electron chi connectivity index (χ3n) is 5.98. The van der Waals surface area contributed by atoms with Crippen molar-refractivity contribution in [3.63, 3.8) is 0 Å². The molecule has 1 fully saturated rings. The summed E-state index contributed by atoms with van der Waals surface area (Å²) in [6, 6.07) is 24.1. The second-order valence-electron chi connectivity index (χ2n) is 8.27. The van der Waals surface area contributed by atoms with Crippen LogP contribution in [0, 0.1) is 0 Å². The number of pyridine rings is 1. The first kappa shape index (κ1) is 23.3. The fraction of sp³-hybridized carbons (Fsp3) is 0.179. The molecule has 0 aliphatic carbocycles. The Labute approximate surface area is 214 Å². The molecule has 1 amide bonds. The number of hydrogen-bond donors (Lipinski definition) is 0. The van der Waals surface area contributed by atoms with Crippen molar-refractivity contribution in [1.82, 2.24) is 9.88 Å². The lowest BCUT2D eigenvalue weighted by molar-refractivity contribution is -0.126. The molecule has 7 heteroatoms. The number of aromatic nitrogens is 1. The molecule has 4 aromatic rings. The van der Waals surface area contributed by atoms with Gasteiger partial charge in [0.05, 0.1) is 18.9 Å². The molecule has 1 atom stereocenters. The minimum absolute atomic E-state index is 0.0269. The molecule has 5 nitrogen and oxygen atoms in total. The van der Waals surface area contributed by atoms with Crippen molar-refractivity contribution in [2.45, 2.75) is 24.8 Å². The largest absolute Gasteiger partial charge is 0.493 e. The summed E-state index contributed by atoms with van der Waals surface area (Å²) in [4.78, 5) is 18.8. The van der Waals surface area contributed by atoms with E-state index in [2.05, 4.69) is 29.2 Å². The van der Waals surface area contributed by atoms with E-state index in [1.807, 2.05) is 48.5 Å². The standard InChI is InChI=1S/C28H24N2O3S2/c1-32-25-14-19(15-26-27(31)30(28(34)35-26)17-20-6-5-13-29-16-20)11-12-24(25)33-18-22-9-4-8-21-7-2-3-10-23(21)22/h2-14,16,26H,15,17-18H2,1H3/t26-/m1/s1. The Balaban J connectivity index is 1.27. The van der Waals surface area contributed by atoms with Crippen molar-refractivity contribution in [2.75, 3.05) is 7.11 Å². The van der Waals surface area contributed by atoms with Crippen LogP contribution in [0.1, 0.15) is 16.7 Å². The second kappa shape index (κ2) is 10.5. The van der Waals surface area contributed by atoms with Crippen molar-refractivity contribution in [1.29, 1.82) is 0 Å². The topological polar surface area (TPSA) is 51.7 Å². The number of ether oxygens (including phenoxy) is 2. The van der Waals surface area contributed by atoms with E-state index < -0.39 is 0 Å². The molecule has 35 heavy (non-hydrogen) atoms. The van der Waals surface area contributed by atoms with Crippen molar-refractivity contribution in [2.24, 2.45) is 0 Å². The van der Waals surface area contributed by atoms with Gasteiger partial charge in [-0.2, -0.15) is 0 Å². The summed E-state index contributed by atoms with van der Waals surface area (Å²) in [6.07, 6.45) is 4.04.